The number of ether oxygens (including phenoxy) is 1. The third-order valence-electron chi connectivity index (χ3n) is 1.77. The highest BCUT2D eigenvalue weighted by atomic mass is 16.5. The summed E-state index contributed by atoms with van der Waals surface area (Å²) in [7, 11) is 0. The van der Waals surface area contributed by atoms with Crippen molar-refractivity contribution in [2.75, 3.05) is 12.3 Å². The maximum atomic E-state index is 11.0. The van der Waals surface area contributed by atoms with Crippen LogP contribution in [0.25, 0.3) is 0 Å². The summed E-state index contributed by atoms with van der Waals surface area (Å²) in [4.78, 5) is 14.9. The lowest BCUT2D eigenvalue weighted by atomic mass is 10.1. The fourth-order valence-corrected chi connectivity index (χ4v) is 1.06. The van der Waals surface area contributed by atoms with Crippen LogP contribution in [0.4, 0.5) is 5.82 Å². The van der Waals surface area contributed by atoms with Crippen LogP contribution in [0.1, 0.15) is 18.9 Å². The highest BCUT2D eigenvalue weighted by Crippen LogP contribution is 2.04. The summed E-state index contributed by atoms with van der Waals surface area (Å²) >= 11 is 0. The molecule has 1 aromatic rings. The highest BCUT2D eigenvalue weighted by molar-refractivity contribution is 5.69. The van der Waals surface area contributed by atoms with Gasteiger partial charge in [0, 0.05) is 12.6 Å². The zero-order valence-corrected chi connectivity index (χ0v) is 8.19. The van der Waals surface area contributed by atoms with Crippen LogP contribution < -0.4 is 5.73 Å². The number of hydrogen-bond donors (Lipinski definition) is 1. The zero-order chi connectivity index (χ0) is 10.4. The number of aromatic nitrogens is 1. The summed E-state index contributed by atoms with van der Waals surface area (Å²) in [6.45, 7) is 2.22. The number of aryl methyl sites for hydroxylation is 1. The van der Waals surface area contributed by atoms with Gasteiger partial charge in [0.25, 0.3) is 0 Å². The average Bonchev–Trinajstić information content (AvgIpc) is 2.17. The largest absolute Gasteiger partial charge is 0.466 e. The Labute approximate surface area is 83.1 Å². The molecule has 0 atom stereocenters. The van der Waals surface area contributed by atoms with Gasteiger partial charge in [0.05, 0.1) is 6.61 Å². The second kappa shape index (κ2) is 5.21. The van der Waals surface area contributed by atoms with Crippen LogP contribution in [0, 0.1) is 0 Å². The fourth-order valence-electron chi connectivity index (χ4n) is 1.06. The molecule has 0 aliphatic carbocycles. The molecule has 4 heteroatoms. The van der Waals surface area contributed by atoms with Crippen LogP contribution in [-0.2, 0) is 16.0 Å². The number of carbonyl (C=O) groups excluding carboxylic acids is 1. The van der Waals surface area contributed by atoms with Gasteiger partial charge < -0.3 is 10.5 Å². The van der Waals surface area contributed by atoms with Gasteiger partial charge in [-0.2, -0.15) is 0 Å². The first-order valence-corrected chi connectivity index (χ1v) is 4.58. The lowest BCUT2D eigenvalue weighted by Crippen LogP contribution is -2.05. The van der Waals surface area contributed by atoms with Gasteiger partial charge in [-0.05, 0) is 25.0 Å². The number of nitrogens with zero attached hydrogens (tertiary/aromatic N) is 1. The summed E-state index contributed by atoms with van der Waals surface area (Å²) < 4.78 is 4.80. The third-order valence-corrected chi connectivity index (χ3v) is 1.77. The molecule has 0 aromatic carbocycles. The predicted octanol–water partition coefficient (Wildman–Crippen LogP) is 1.16. The summed E-state index contributed by atoms with van der Waals surface area (Å²) in [6.07, 6.45) is 2.71. The van der Waals surface area contributed by atoms with Gasteiger partial charge in [-0.1, -0.05) is 6.07 Å². The van der Waals surface area contributed by atoms with Crippen LogP contribution in [0.3, 0.4) is 0 Å². The molecule has 0 unspecified atom stereocenters. The second-order valence-electron chi connectivity index (χ2n) is 2.90. The van der Waals surface area contributed by atoms with E-state index >= 15 is 0 Å². The minimum atomic E-state index is -0.177. The van der Waals surface area contributed by atoms with Crippen molar-refractivity contribution in [1.82, 2.24) is 4.98 Å². The SMILES string of the molecule is CCOC(=O)CCc1ccc(N)nc1. The summed E-state index contributed by atoms with van der Waals surface area (Å²) in [5, 5.41) is 0. The molecule has 4 nitrogen and oxygen atoms in total. The predicted molar refractivity (Wildman–Crippen MR) is 53.6 cm³/mol. The van der Waals surface area contributed by atoms with Crippen LogP contribution >= 0.6 is 0 Å². The minimum absolute atomic E-state index is 0.177. The number of anilines is 1. The molecule has 0 fully saturated rings. The Bertz CT molecular complexity index is 295. The molecule has 0 radical (unpaired) electrons. The van der Waals surface area contributed by atoms with Crippen molar-refractivity contribution in [3.05, 3.63) is 23.9 Å². The van der Waals surface area contributed by atoms with Crippen LogP contribution in [0.2, 0.25) is 0 Å². The molecular formula is C10H14N2O2. The molecule has 2 N–H and O–H groups in total. The van der Waals surface area contributed by atoms with Crippen molar-refractivity contribution in [3.63, 3.8) is 0 Å². The van der Waals surface area contributed by atoms with Crippen LogP contribution in [0.5, 0.6) is 0 Å². The third kappa shape index (κ3) is 3.43. The molecule has 0 aliphatic heterocycles. The van der Waals surface area contributed by atoms with Gasteiger partial charge in [-0.3, -0.25) is 4.79 Å². The lowest BCUT2D eigenvalue weighted by Gasteiger charge is -2.01. The molecule has 1 heterocycles. The normalized spacial score (nSPS) is 9.79. The van der Waals surface area contributed by atoms with Crippen molar-refractivity contribution in [2.45, 2.75) is 19.8 Å². The fraction of sp³-hybridized carbons (Fsp3) is 0.400. The van der Waals surface area contributed by atoms with Crippen molar-refractivity contribution < 1.29 is 9.53 Å². The second-order valence-corrected chi connectivity index (χ2v) is 2.90. The van der Waals surface area contributed by atoms with E-state index in [1.165, 1.54) is 0 Å². The lowest BCUT2D eigenvalue weighted by molar-refractivity contribution is -0.143. The first-order valence-electron chi connectivity index (χ1n) is 4.58. The number of nitrogens with two attached hydrogens (primary N) is 1. The Hall–Kier alpha value is -1.58. The highest BCUT2D eigenvalue weighted by Gasteiger charge is 2.02. The van der Waals surface area contributed by atoms with Crippen LogP contribution in [-0.4, -0.2) is 17.6 Å². The molecule has 14 heavy (non-hydrogen) atoms. The average molecular weight is 194 g/mol. The molecule has 0 saturated carbocycles. The van der Waals surface area contributed by atoms with Crippen molar-refractivity contribution in [2.24, 2.45) is 0 Å². The molecule has 0 amide bonds. The number of esters is 1. The number of hydrogen-bond acceptors (Lipinski definition) is 4. The minimum Gasteiger partial charge on any atom is -0.466 e. The number of rotatable bonds is 4. The summed E-state index contributed by atoms with van der Waals surface area (Å²) in [6, 6.07) is 3.59. The monoisotopic (exact) mass is 194 g/mol. The Balaban J connectivity index is 2.38. The van der Waals surface area contributed by atoms with E-state index in [0.717, 1.165) is 5.56 Å². The van der Waals surface area contributed by atoms with Gasteiger partial charge in [-0.25, -0.2) is 4.98 Å². The molecule has 0 aliphatic rings. The van der Waals surface area contributed by atoms with Gasteiger partial charge in [-0.15, -0.1) is 0 Å². The molecule has 0 spiro atoms. The number of pyridine rings is 1. The van der Waals surface area contributed by atoms with Gasteiger partial charge in [0.15, 0.2) is 0 Å². The first kappa shape index (κ1) is 10.5. The Morgan fingerprint density at radius 3 is 2.93 bits per heavy atom. The number of carbonyl (C=O) groups is 1. The van der Waals surface area contributed by atoms with E-state index in [9.17, 15) is 4.79 Å². The van der Waals surface area contributed by atoms with E-state index in [1.54, 1.807) is 19.2 Å². The van der Waals surface area contributed by atoms with E-state index in [1.807, 2.05) is 6.07 Å². The van der Waals surface area contributed by atoms with Crippen molar-refractivity contribution in [3.8, 4) is 0 Å². The standard InChI is InChI=1S/C10H14N2O2/c1-2-14-10(13)6-4-8-3-5-9(11)12-7-8/h3,5,7H,2,4,6H2,1H3,(H2,11,12). The maximum Gasteiger partial charge on any atom is 0.306 e. The Morgan fingerprint density at radius 2 is 2.36 bits per heavy atom. The van der Waals surface area contributed by atoms with E-state index in [-0.39, 0.29) is 5.97 Å². The molecular weight excluding hydrogens is 180 g/mol. The maximum absolute atomic E-state index is 11.0. The van der Waals surface area contributed by atoms with E-state index in [0.29, 0.717) is 25.3 Å². The number of nitrogen functional groups attached to an aromatic ring is 1. The molecule has 0 bridgehead atoms. The van der Waals surface area contributed by atoms with Crippen LogP contribution in [0.15, 0.2) is 18.3 Å². The van der Waals surface area contributed by atoms with E-state index in [4.69, 9.17) is 10.5 Å². The van der Waals surface area contributed by atoms with E-state index < -0.39 is 0 Å². The van der Waals surface area contributed by atoms with Crippen molar-refractivity contribution >= 4 is 11.8 Å². The van der Waals surface area contributed by atoms with Gasteiger partial charge >= 0.3 is 5.97 Å². The van der Waals surface area contributed by atoms with Gasteiger partial charge in [0.1, 0.15) is 5.82 Å². The van der Waals surface area contributed by atoms with E-state index in [2.05, 4.69) is 4.98 Å². The summed E-state index contributed by atoms with van der Waals surface area (Å²) in [5.74, 6) is 0.314. The molecule has 1 aromatic heterocycles. The topological polar surface area (TPSA) is 65.2 Å². The quantitative estimate of drug-likeness (QED) is 0.730. The first-order chi connectivity index (χ1) is 6.72. The Morgan fingerprint density at radius 1 is 1.57 bits per heavy atom. The summed E-state index contributed by atoms with van der Waals surface area (Å²) in [5.41, 5.74) is 6.42. The molecule has 0 saturated heterocycles. The molecule has 76 valence electrons. The smallest absolute Gasteiger partial charge is 0.306 e. The molecule has 1 rings (SSSR count). The Kier molecular flexibility index (Phi) is 3.91. The van der Waals surface area contributed by atoms with Gasteiger partial charge in [0.2, 0.25) is 0 Å². The van der Waals surface area contributed by atoms with Crippen molar-refractivity contribution in [1.29, 1.82) is 0 Å². The zero-order valence-electron chi connectivity index (χ0n) is 8.19.